The molecule has 1 unspecified atom stereocenters. The summed E-state index contributed by atoms with van der Waals surface area (Å²) in [7, 11) is 1.66. The molecule has 2 fully saturated rings. The Kier molecular flexibility index (Phi) is 5.92. The van der Waals surface area contributed by atoms with Crippen molar-refractivity contribution in [2.75, 3.05) is 25.2 Å². The Labute approximate surface area is 157 Å². The molecule has 0 aromatic heterocycles. The summed E-state index contributed by atoms with van der Waals surface area (Å²) in [5.41, 5.74) is 0.886. The molecule has 3 rings (SSSR count). The highest BCUT2D eigenvalue weighted by molar-refractivity contribution is 7.99. The molecule has 0 spiro atoms. The molecular formula is C18H23ClN2O3S. The van der Waals surface area contributed by atoms with E-state index in [2.05, 4.69) is 10.6 Å². The number of carbonyl (C=O) groups excluding carboxylic acids is 2. The van der Waals surface area contributed by atoms with Gasteiger partial charge in [-0.15, -0.1) is 0 Å². The lowest BCUT2D eigenvalue weighted by Gasteiger charge is -2.36. The summed E-state index contributed by atoms with van der Waals surface area (Å²) >= 11 is 7.70. The molecule has 0 bridgehead atoms. The van der Waals surface area contributed by atoms with Crippen LogP contribution in [0.4, 0.5) is 0 Å². The number of thioether (sulfide) groups is 1. The minimum absolute atomic E-state index is 0.0531. The second kappa shape index (κ2) is 7.98. The van der Waals surface area contributed by atoms with Crippen LogP contribution in [0.3, 0.4) is 0 Å². The molecule has 25 heavy (non-hydrogen) atoms. The number of rotatable bonds is 5. The average Bonchev–Trinajstić information content (AvgIpc) is 3.06. The Bertz CT molecular complexity index is 626. The molecule has 1 atom stereocenters. The third-order valence-corrected chi connectivity index (χ3v) is 6.57. The first kappa shape index (κ1) is 18.5. The molecule has 2 N–H and O–H groups in total. The number of halogens is 1. The molecule has 1 aromatic rings. The van der Waals surface area contributed by atoms with Crippen molar-refractivity contribution in [1.29, 1.82) is 0 Å². The summed E-state index contributed by atoms with van der Waals surface area (Å²) in [6.07, 6.45) is 2.58. The van der Waals surface area contributed by atoms with Crippen molar-refractivity contribution >= 4 is 35.2 Å². The van der Waals surface area contributed by atoms with Crippen LogP contribution >= 0.6 is 23.4 Å². The molecule has 1 heterocycles. The number of amides is 2. The summed E-state index contributed by atoms with van der Waals surface area (Å²) in [5, 5.41) is 6.25. The van der Waals surface area contributed by atoms with E-state index in [9.17, 15) is 9.59 Å². The van der Waals surface area contributed by atoms with Gasteiger partial charge in [-0.25, -0.2) is 0 Å². The van der Waals surface area contributed by atoms with Gasteiger partial charge >= 0.3 is 11.8 Å². The van der Waals surface area contributed by atoms with Gasteiger partial charge in [0.1, 0.15) is 0 Å². The van der Waals surface area contributed by atoms with E-state index in [1.165, 1.54) is 5.56 Å². The Morgan fingerprint density at radius 2 is 2.00 bits per heavy atom. The van der Waals surface area contributed by atoms with Gasteiger partial charge in [0, 0.05) is 30.5 Å². The maximum absolute atomic E-state index is 12.0. The number of carbonyl (C=O) groups is 2. The van der Waals surface area contributed by atoms with E-state index in [0.717, 1.165) is 35.8 Å². The molecule has 136 valence electrons. The molecule has 1 aliphatic carbocycles. The molecule has 5 nitrogen and oxygen atoms in total. The molecule has 1 saturated heterocycles. The first-order chi connectivity index (χ1) is 12.0. The third kappa shape index (κ3) is 4.49. The fourth-order valence-electron chi connectivity index (χ4n) is 3.28. The number of ether oxygens (including phenoxy) is 1. The van der Waals surface area contributed by atoms with E-state index in [4.69, 9.17) is 16.3 Å². The summed E-state index contributed by atoms with van der Waals surface area (Å²) in [6.45, 7) is 0.376. The lowest BCUT2D eigenvalue weighted by Crippen LogP contribution is -2.52. The fraction of sp³-hybridized carbons (Fsp3) is 0.556. The van der Waals surface area contributed by atoms with Crippen LogP contribution in [0.5, 0.6) is 0 Å². The smallest absolute Gasteiger partial charge is 0.309 e. The van der Waals surface area contributed by atoms with Gasteiger partial charge in [0.15, 0.2) is 0 Å². The van der Waals surface area contributed by atoms with Crippen LogP contribution < -0.4 is 10.6 Å². The standard InChI is InChI=1S/C18H23ClN2O3S/c1-24-18(6-7-25-11-18)10-20-16(22)17(23)21-15-8-13(9-15)12-2-4-14(19)5-3-12/h2-5,13,15H,6-11H2,1H3,(H,20,22)(H,21,23). The number of nitrogens with one attached hydrogen (secondary N) is 2. The third-order valence-electron chi connectivity index (χ3n) is 5.09. The van der Waals surface area contributed by atoms with Crippen LogP contribution in [-0.2, 0) is 14.3 Å². The van der Waals surface area contributed by atoms with Gasteiger partial charge in [-0.2, -0.15) is 11.8 Å². The van der Waals surface area contributed by atoms with Gasteiger partial charge in [-0.1, -0.05) is 23.7 Å². The maximum atomic E-state index is 12.0. The summed E-state index contributed by atoms with van der Waals surface area (Å²) < 4.78 is 5.54. The minimum Gasteiger partial charge on any atom is -0.376 e. The Morgan fingerprint density at radius 1 is 1.28 bits per heavy atom. The topological polar surface area (TPSA) is 67.4 Å². The van der Waals surface area contributed by atoms with Crippen molar-refractivity contribution in [1.82, 2.24) is 10.6 Å². The monoisotopic (exact) mass is 382 g/mol. The molecular weight excluding hydrogens is 360 g/mol. The van der Waals surface area contributed by atoms with E-state index in [1.54, 1.807) is 18.9 Å². The second-order valence-corrected chi connectivity index (χ2v) is 8.30. The highest BCUT2D eigenvalue weighted by Crippen LogP contribution is 2.37. The maximum Gasteiger partial charge on any atom is 0.309 e. The molecule has 1 aliphatic heterocycles. The largest absolute Gasteiger partial charge is 0.376 e. The van der Waals surface area contributed by atoms with Crippen LogP contribution in [0.15, 0.2) is 24.3 Å². The molecule has 0 radical (unpaired) electrons. The molecule has 2 amide bonds. The lowest BCUT2D eigenvalue weighted by molar-refractivity contribution is -0.140. The zero-order valence-electron chi connectivity index (χ0n) is 14.2. The van der Waals surface area contributed by atoms with Gasteiger partial charge in [0.05, 0.1) is 5.60 Å². The van der Waals surface area contributed by atoms with E-state index < -0.39 is 11.8 Å². The van der Waals surface area contributed by atoms with Gasteiger partial charge in [-0.05, 0) is 48.6 Å². The molecule has 2 aliphatic rings. The summed E-state index contributed by atoms with van der Waals surface area (Å²) in [5.74, 6) is 1.14. The van der Waals surface area contributed by atoms with Crippen LogP contribution in [0, 0.1) is 0 Å². The van der Waals surface area contributed by atoms with E-state index in [1.807, 2.05) is 24.3 Å². The number of benzene rings is 1. The summed E-state index contributed by atoms with van der Waals surface area (Å²) in [4.78, 5) is 24.1. The van der Waals surface area contributed by atoms with E-state index in [0.29, 0.717) is 12.5 Å². The van der Waals surface area contributed by atoms with E-state index in [-0.39, 0.29) is 11.6 Å². The van der Waals surface area contributed by atoms with Crippen molar-refractivity contribution in [3.8, 4) is 0 Å². The zero-order valence-corrected chi connectivity index (χ0v) is 15.8. The Hall–Kier alpha value is -1.24. The first-order valence-corrected chi connectivity index (χ1v) is 10.0. The first-order valence-electron chi connectivity index (χ1n) is 8.48. The quantitative estimate of drug-likeness (QED) is 0.767. The van der Waals surface area contributed by atoms with Gasteiger partial charge < -0.3 is 15.4 Å². The van der Waals surface area contributed by atoms with Gasteiger partial charge in [-0.3, -0.25) is 9.59 Å². The fourth-order valence-corrected chi connectivity index (χ4v) is 4.80. The summed E-state index contributed by atoms with van der Waals surface area (Å²) in [6, 6.07) is 7.84. The van der Waals surface area contributed by atoms with Crippen molar-refractivity contribution < 1.29 is 14.3 Å². The van der Waals surface area contributed by atoms with Crippen molar-refractivity contribution in [2.45, 2.75) is 36.8 Å². The Balaban J connectivity index is 1.41. The van der Waals surface area contributed by atoms with Crippen molar-refractivity contribution in [3.63, 3.8) is 0 Å². The highest BCUT2D eigenvalue weighted by Gasteiger charge is 2.36. The number of hydrogen-bond donors (Lipinski definition) is 2. The van der Waals surface area contributed by atoms with Crippen LogP contribution in [0.1, 0.15) is 30.7 Å². The van der Waals surface area contributed by atoms with Gasteiger partial charge in [0.25, 0.3) is 0 Å². The van der Waals surface area contributed by atoms with Gasteiger partial charge in [0.2, 0.25) is 0 Å². The minimum atomic E-state index is -0.580. The molecule has 1 saturated carbocycles. The predicted octanol–water partition coefficient (Wildman–Crippen LogP) is 2.34. The lowest BCUT2D eigenvalue weighted by atomic mass is 9.76. The van der Waals surface area contributed by atoms with Crippen molar-refractivity contribution in [2.24, 2.45) is 0 Å². The van der Waals surface area contributed by atoms with Crippen LogP contribution in [0.25, 0.3) is 0 Å². The van der Waals surface area contributed by atoms with Crippen molar-refractivity contribution in [3.05, 3.63) is 34.9 Å². The SMILES string of the molecule is COC1(CNC(=O)C(=O)NC2CC(c3ccc(Cl)cc3)C2)CCSC1. The normalized spacial score (nSPS) is 28.2. The number of hydrogen-bond acceptors (Lipinski definition) is 4. The van der Waals surface area contributed by atoms with E-state index >= 15 is 0 Å². The molecule has 7 heteroatoms. The average molecular weight is 383 g/mol. The molecule has 1 aromatic carbocycles. The predicted molar refractivity (Wildman–Crippen MR) is 100 cm³/mol. The number of methoxy groups -OCH3 is 1. The zero-order chi connectivity index (χ0) is 17.9. The second-order valence-electron chi connectivity index (χ2n) is 6.76. The highest BCUT2D eigenvalue weighted by atomic mass is 35.5. The van der Waals surface area contributed by atoms with Crippen LogP contribution in [-0.4, -0.2) is 48.6 Å². The Morgan fingerprint density at radius 3 is 2.60 bits per heavy atom. The van der Waals surface area contributed by atoms with Crippen LogP contribution in [0.2, 0.25) is 5.02 Å².